The number of carboxylic acids is 1. The zero-order valence-electron chi connectivity index (χ0n) is 8.78. The normalized spacial score (nSPS) is 14.0. The molecule has 7 heteroatoms. The average Bonchev–Trinajstić information content (AvgIpc) is 2.27. The van der Waals surface area contributed by atoms with Crippen LogP contribution in [0.4, 0.5) is 0 Å². The van der Waals surface area contributed by atoms with E-state index >= 15 is 0 Å². The van der Waals surface area contributed by atoms with Gasteiger partial charge in [0.1, 0.15) is 6.10 Å². The lowest BCUT2D eigenvalue weighted by Crippen LogP contribution is -2.26. The van der Waals surface area contributed by atoms with E-state index in [2.05, 4.69) is 4.98 Å². The summed E-state index contributed by atoms with van der Waals surface area (Å²) < 4.78 is 0. The van der Waals surface area contributed by atoms with E-state index in [0.29, 0.717) is 0 Å². The van der Waals surface area contributed by atoms with E-state index in [-0.39, 0.29) is 11.3 Å². The zero-order valence-corrected chi connectivity index (χ0v) is 8.78. The molecular weight excluding hydrogens is 228 g/mol. The molecule has 2 unspecified atom stereocenters. The molecule has 0 saturated carbocycles. The largest absolute Gasteiger partial charge is 0.478 e. The summed E-state index contributed by atoms with van der Waals surface area (Å²) in [5.74, 6) is -1.95. The van der Waals surface area contributed by atoms with Crippen molar-refractivity contribution in [2.24, 2.45) is 5.73 Å². The average molecular weight is 240 g/mol. The second-order valence-electron chi connectivity index (χ2n) is 3.46. The number of pyridine rings is 1. The third kappa shape index (κ3) is 3.51. The van der Waals surface area contributed by atoms with Gasteiger partial charge in [-0.05, 0) is 12.1 Å². The Morgan fingerprint density at radius 1 is 1.41 bits per heavy atom. The molecule has 1 aromatic rings. The molecule has 0 aromatic carbocycles. The van der Waals surface area contributed by atoms with E-state index in [1.54, 1.807) is 0 Å². The summed E-state index contributed by atoms with van der Waals surface area (Å²) in [5.41, 5.74) is 4.76. The fourth-order valence-electron chi connectivity index (χ4n) is 1.26. The van der Waals surface area contributed by atoms with Gasteiger partial charge in [-0.3, -0.25) is 9.78 Å². The Kier molecular flexibility index (Phi) is 4.13. The van der Waals surface area contributed by atoms with Crippen molar-refractivity contribution in [2.75, 3.05) is 0 Å². The number of aromatic carboxylic acids is 1. The van der Waals surface area contributed by atoms with Crippen molar-refractivity contribution < 1.29 is 24.9 Å². The Hall–Kier alpha value is -1.99. The minimum absolute atomic E-state index is 0.0290. The smallest absolute Gasteiger partial charge is 0.335 e. The molecule has 1 aromatic heterocycles. The molecule has 1 rings (SSSR count). The monoisotopic (exact) mass is 240 g/mol. The van der Waals surface area contributed by atoms with E-state index in [1.165, 1.54) is 12.3 Å². The molecule has 0 aliphatic heterocycles. The molecule has 92 valence electrons. The number of aliphatic hydroxyl groups is 2. The van der Waals surface area contributed by atoms with Crippen molar-refractivity contribution in [2.45, 2.75) is 18.6 Å². The standard InChI is InChI=1S/C10H12N2O5/c11-8(14)4-7(13)9(15)6-3-5(10(16)17)1-2-12-6/h1-3,7,9,13,15H,4H2,(H2,11,14)(H,16,17). The number of rotatable bonds is 5. The fourth-order valence-corrected chi connectivity index (χ4v) is 1.26. The number of amides is 1. The van der Waals surface area contributed by atoms with Gasteiger partial charge in [0, 0.05) is 6.20 Å². The summed E-state index contributed by atoms with van der Waals surface area (Å²) in [4.78, 5) is 25.0. The molecule has 0 saturated heterocycles. The van der Waals surface area contributed by atoms with Gasteiger partial charge in [0.05, 0.1) is 23.8 Å². The Morgan fingerprint density at radius 3 is 2.59 bits per heavy atom. The number of primary amides is 1. The van der Waals surface area contributed by atoms with Gasteiger partial charge in [-0.15, -0.1) is 0 Å². The zero-order chi connectivity index (χ0) is 13.0. The van der Waals surface area contributed by atoms with Crippen LogP contribution in [0.3, 0.4) is 0 Å². The van der Waals surface area contributed by atoms with Crippen molar-refractivity contribution in [3.63, 3.8) is 0 Å². The fraction of sp³-hybridized carbons (Fsp3) is 0.300. The van der Waals surface area contributed by atoms with Gasteiger partial charge in [0.15, 0.2) is 0 Å². The van der Waals surface area contributed by atoms with Crippen LogP contribution >= 0.6 is 0 Å². The highest BCUT2D eigenvalue weighted by Gasteiger charge is 2.22. The minimum atomic E-state index is -1.46. The number of hydrogen-bond donors (Lipinski definition) is 4. The molecule has 2 atom stereocenters. The molecule has 17 heavy (non-hydrogen) atoms. The van der Waals surface area contributed by atoms with Gasteiger partial charge in [0.2, 0.25) is 5.91 Å². The van der Waals surface area contributed by atoms with Gasteiger partial charge in [-0.25, -0.2) is 4.79 Å². The maximum Gasteiger partial charge on any atom is 0.335 e. The molecule has 0 bridgehead atoms. The molecule has 0 aliphatic rings. The number of carbonyl (C=O) groups is 2. The lowest BCUT2D eigenvalue weighted by atomic mass is 10.1. The van der Waals surface area contributed by atoms with E-state index in [9.17, 15) is 19.8 Å². The van der Waals surface area contributed by atoms with Crippen molar-refractivity contribution in [1.82, 2.24) is 4.98 Å². The second kappa shape index (κ2) is 5.37. The summed E-state index contributed by atoms with van der Waals surface area (Å²) in [6, 6.07) is 2.37. The predicted octanol–water partition coefficient (Wildman–Crippen LogP) is -0.951. The van der Waals surface area contributed by atoms with Crippen LogP contribution in [0, 0.1) is 0 Å². The number of carbonyl (C=O) groups excluding carboxylic acids is 1. The highest BCUT2D eigenvalue weighted by molar-refractivity contribution is 5.87. The topological polar surface area (TPSA) is 134 Å². The first-order valence-corrected chi connectivity index (χ1v) is 4.75. The summed E-state index contributed by atoms with van der Waals surface area (Å²) in [5, 5.41) is 27.8. The highest BCUT2D eigenvalue weighted by Crippen LogP contribution is 2.17. The Morgan fingerprint density at radius 2 is 2.06 bits per heavy atom. The van der Waals surface area contributed by atoms with E-state index in [4.69, 9.17) is 10.8 Å². The summed E-state index contributed by atoms with van der Waals surface area (Å²) >= 11 is 0. The SMILES string of the molecule is NC(=O)CC(O)C(O)c1cc(C(=O)O)ccn1. The highest BCUT2D eigenvalue weighted by atomic mass is 16.4. The lowest BCUT2D eigenvalue weighted by Gasteiger charge is -2.15. The molecule has 1 heterocycles. The lowest BCUT2D eigenvalue weighted by molar-refractivity contribution is -0.121. The Labute approximate surface area is 96.5 Å². The number of carboxylic acid groups (broad SMARTS) is 1. The summed E-state index contributed by atoms with van der Waals surface area (Å²) in [6.07, 6.45) is -2.11. The second-order valence-corrected chi connectivity index (χ2v) is 3.46. The maximum absolute atomic E-state index is 10.7. The molecule has 0 aliphatic carbocycles. The Bertz CT molecular complexity index is 434. The van der Waals surface area contributed by atoms with Crippen LogP contribution in [0.1, 0.15) is 28.6 Å². The van der Waals surface area contributed by atoms with Crippen molar-refractivity contribution in [1.29, 1.82) is 0 Å². The van der Waals surface area contributed by atoms with Crippen LogP contribution in [-0.4, -0.2) is 38.3 Å². The molecule has 0 spiro atoms. The summed E-state index contributed by atoms with van der Waals surface area (Å²) in [6.45, 7) is 0. The first-order valence-electron chi connectivity index (χ1n) is 4.75. The van der Waals surface area contributed by atoms with Gasteiger partial charge < -0.3 is 21.1 Å². The van der Waals surface area contributed by atoms with Crippen LogP contribution in [0.15, 0.2) is 18.3 Å². The third-order valence-electron chi connectivity index (χ3n) is 2.11. The number of nitrogens with two attached hydrogens (primary N) is 1. The van der Waals surface area contributed by atoms with E-state index in [1.807, 2.05) is 0 Å². The molecule has 0 fully saturated rings. The molecule has 5 N–H and O–H groups in total. The van der Waals surface area contributed by atoms with Crippen molar-refractivity contribution >= 4 is 11.9 Å². The third-order valence-corrected chi connectivity index (χ3v) is 2.11. The van der Waals surface area contributed by atoms with Crippen LogP contribution in [-0.2, 0) is 4.79 Å². The van der Waals surface area contributed by atoms with Crippen LogP contribution in [0.2, 0.25) is 0 Å². The van der Waals surface area contributed by atoms with Crippen LogP contribution < -0.4 is 5.73 Å². The van der Waals surface area contributed by atoms with Crippen molar-refractivity contribution in [3.8, 4) is 0 Å². The number of aliphatic hydroxyl groups excluding tert-OH is 2. The van der Waals surface area contributed by atoms with Crippen LogP contribution in [0.25, 0.3) is 0 Å². The molecule has 7 nitrogen and oxygen atoms in total. The number of aromatic nitrogens is 1. The van der Waals surface area contributed by atoms with E-state index < -0.39 is 30.5 Å². The first-order chi connectivity index (χ1) is 7.91. The summed E-state index contributed by atoms with van der Waals surface area (Å²) in [7, 11) is 0. The van der Waals surface area contributed by atoms with Crippen LogP contribution in [0.5, 0.6) is 0 Å². The number of nitrogens with zero attached hydrogens (tertiary/aromatic N) is 1. The minimum Gasteiger partial charge on any atom is -0.478 e. The maximum atomic E-state index is 10.7. The van der Waals surface area contributed by atoms with Gasteiger partial charge >= 0.3 is 5.97 Å². The molecule has 1 amide bonds. The quantitative estimate of drug-likeness (QED) is 0.524. The molecular formula is C10H12N2O5. The molecule has 0 radical (unpaired) electrons. The van der Waals surface area contributed by atoms with Gasteiger partial charge in [-0.2, -0.15) is 0 Å². The first kappa shape index (κ1) is 13.1. The van der Waals surface area contributed by atoms with Gasteiger partial charge in [-0.1, -0.05) is 0 Å². The van der Waals surface area contributed by atoms with Crippen molar-refractivity contribution in [3.05, 3.63) is 29.6 Å². The number of hydrogen-bond acceptors (Lipinski definition) is 5. The van der Waals surface area contributed by atoms with Gasteiger partial charge in [0.25, 0.3) is 0 Å². The predicted molar refractivity (Wildman–Crippen MR) is 56.0 cm³/mol. The van der Waals surface area contributed by atoms with E-state index in [0.717, 1.165) is 6.07 Å². The Balaban J connectivity index is 2.88.